The van der Waals surface area contributed by atoms with Gasteiger partial charge in [0.1, 0.15) is 12.4 Å². The van der Waals surface area contributed by atoms with Crippen LogP contribution in [0.1, 0.15) is 35.2 Å². The van der Waals surface area contributed by atoms with E-state index in [1.54, 1.807) is 29.7 Å². The summed E-state index contributed by atoms with van der Waals surface area (Å²) in [4.78, 5) is 33.4. The third-order valence-corrected chi connectivity index (χ3v) is 9.23. The maximum Gasteiger partial charge on any atom is 0.338 e. The lowest BCUT2D eigenvalue weighted by Crippen LogP contribution is -2.40. The zero-order chi connectivity index (χ0) is 32.3. The van der Waals surface area contributed by atoms with E-state index in [4.69, 9.17) is 26.1 Å². The molecule has 0 radical (unpaired) electrons. The SMILES string of the molecule is CCOC(=O)C1=C(c2ccccc2)N=c2s/c(=C\c3cc(Cl)ccc3OCc3cccc4ccccc34)c(=O)n2[C@@H]1c1ccccc1. The lowest BCUT2D eigenvalue weighted by atomic mass is 9.93. The van der Waals surface area contributed by atoms with E-state index < -0.39 is 12.0 Å². The van der Waals surface area contributed by atoms with Crippen molar-refractivity contribution < 1.29 is 14.3 Å². The minimum Gasteiger partial charge on any atom is -0.488 e. The van der Waals surface area contributed by atoms with Gasteiger partial charge in [-0.15, -0.1) is 0 Å². The summed E-state index contributed by atoms with van der Waals surface area (Å²) in [6.45, 7) is 2.29. The van der Waals surface area contributed by atoms with Crippen LogP contribution in [-0.4, -0.2) is 17.1 Å². The molecule has 6 aromatic rings. The molecule has 0 spiro atoms. The summed E-state index contributed by atoms with van der Waals surface area (Å²) in [5.74, 6) is 0.0714. The number of carbonyl (C=O) groups is 1. The quantitative estimate of drug-likeness (QED) is 0.161. The first-order valence-corrected chi connectivity index (χ1v) is 16.4. The summed E-state index contributed by atoms with van der Waals surface area (Å²) in [6, 6.07) is 37.9. The van der Waals surface area contributed by atoms with Gasteiger partial charge in [-0.1, -0.05) is 126 Å². The van der Waals surface area contributed by atoms with Gasteiger partial charge in [0.15, 0.2) is 4.80 Å². The fourth-order valence-electron chi connectivity index (χ4n) is 5.87. The zero-order valence-electron chi connectivity index (χ0n) is 25.4. The zero-order valence-corrected chi connectivity index (χ0v) is 27.0. The van der Waals surface area contributed by atoms with Gasteiger partial charge in [-0.25, -0.2) is 9.79 Å². The monoisotopic (exact) mass is 656 g/mol. The molecule has 0 N–H and O–H groups in total. The van der Waals surface area contributed by atoms with Gasteiger partial charge in [-0.3, -0.25) is 9.36 Å². The minimum atomic E-state index is -0.745. The van der Waals surface area contributed by atoms with Crippen molar-refractivity contribution in [2.75, 3.05) is 6.61 Å². The lowest BCUT2D eigenvalue weighted by Gasteiger charge is -2.25. The number of carbonyl (C=O) groups excluding carboxylic acids is 1. The predicted molar refractivity (Wildman–Crippen MR) is 187 cm³/mol. The van der Waals surface area contributed by atoms with Crippen LogP contribution >= 0.6 is 22.9 Å². The largest absolute Gasteiger partial charge is 0.488 e. The summed E-state index contributed by atoms with van der Waals surface area (Å²) in [7, 11) is 0. The molecule has 0 bridgehead atoms. The van der Waals surface area contributed by atoms with Crippen molar-refractivity contribution >= 4 is 51.5 Å². The Hall–Kier alpha value is -5.24. The fraction of sp³-hybridized carbons (Fsp3) is 0.103. The maximum absolute atomic E-state index is 14.3. The fourth-order valence-corrected chi connectivity index (χ4v) is 7.04. The Labute approximate surface area is 280 Å². The molecule has 0 saturated heterocycles. The highest BCUT2D eigenvalue weighted by Gasteiger charge is 2.35. The molecular weight excluding hydrogens is 628 g/mol. The smallest absolute Gasteiger partial charge is 0.338 e. The summed E-state index contributed by atoms with van der Waals surface area (Å²) >= 11 is 7.72. The Balaban J connectivity index is 1.37. The van der Waals surface area contributed by atoms with Crippen LogP contribution in [0.2, 0.25) is 5.02 Å². The number of halogens is 1. The highest BCUT2D eigenvalue weighted by molar-refractivity contribution is 7.07. The molecule has 1 aromatic heterocycles. The Bertz CT molecular complexity index is 2320. The second-order valence-corrected chi connectivity index (χ2v) is 12.4. The van der Waals surface area contributed by atoms with E-state index in [-0.39, 0.29) is 12.2 Å². The average Bonchev–Trinajstić information content (AvgIpc) is 3.42. The molecule has 1 aliphatic rings. The van der Waals surface area contributed by atoms with E-state index >= 15 is 0 Å². The summed E-state index contributed by atoms with van der Waals surface area (Å²) in [5, 5.41) is 2.77. The number of nitrogens with zero attached hydrogens (tertiary/aromatic N) is 2. The van der Waals surface area contributed by atoms with Gasteiger partial charge in [0, 0.05) is 16.1 Å². The maximum atomic E-state index is 14.3. The van der Waals surface area contributed by atoms with Crippen molar-refractivity contribution in [3.05, 3.63) is 174 Å². The van der Waals surface area contributed by atoms with Crippen LogP contribution in [-0.2, 0) is 16.1 Å². The van der Waals surface area contributed by atoms with Crippen LogP contribution in [0.5, 0.6) is 5.75 Å². The Morgan fingerprint density at radius 1 is 0.915 bits per heavy atom. The number of thiazole rings is 1. The molecule has 5 aromatic carbocycles. The molecule has 0 saturated carbocycles. The molecule has 8 heteroatoms. The van der Waals surface area contributed by atoms with E-state index in [2.05, 4.69) is 18.2 Å². The lowest BCUT2D eigenvalue weighted by molar-refractivity contribution is -0.138. The molecule has 6 nitrogen and oxygen atoms in total. The van der Waals surface area contributed by atoms with E-state index in [0.717, 1.165) is 27.5 Å². The Morgan fingerprint density at radius 2 is 1.64 bits per heavy atom. The number of hydrogen-bond donors (Lipinski definition) is 0. The van der Waals surface area contributed by atoms with Crippen molar-refractivity contribution in [1.82, 2.24) is 4.57 Å². The average molecular weight is 657 g/mol. The van der Waals surface area contributed by atoms with Gasteiger partial charge in [0.25, 0.3) is 5.56 Å². The van der Waals surface area contributed by atoms with Crippen molar-refractivity contribution in [2.45, 2.75) is 19.6 Å². The number of ether oxygens (including phenoxy) is 2. The number of aromatic nitrogens is 1. The standard InChI is InChI=1S/C39H29ClN2O4S/c1-2-45-38(44)34-35(26-13-5-3-6-14-26)41-39-42(36(34)27-15-7-4-8-16-27)37(43)33(47-39)23-29-22-30(40)20-21-32(29)46-24-28-18-11-17-25-12-9-10-19-31(25)28/h3-23,36H,2,24H2,1H3/b33-23-/t36-/m1/s1. The minimum absolute atomic E-state index is 0.187. The number of esters is 1. The van der Waals surface area contributed by atoms with Crippen LogP contribution < -0.4 is 19.6 Å². The first kappa shape index (κ1) is 30.4. The van der Waals surface area contributed by atoms with Crippen LogP contribution in [0.25, 0.3) is 22.5 Å². The second kappa shape index (κ2) is 13.2. The van der Waals surface area contributed by atoms with Gasteiger partial charge in [0.05, 0.1) is 28.5 Å². The summed E-state index contributed by atoms with van der Waals surface area (Å²) in [5.41, 5.74) is 3.74. The molecule has 1 aliphatic heterocycles. The van der Waals surface area contributed by atoms with Crippen LogP contribution in [0.3, 0.4) is 0 Å². The normalized spacial score (nSPS) is 14.5. The molecule has 0 unspecified atom stereocenters. The third-order valence-electron chi connectivity index (χ3n) is 8.01. The number of hydrogen-bond acceptors (Lipinski definition) is 6. The number of rotatable bonds is 8. The molecule has 0 amide bonds. The van der Waals surface area contributed by atoms with Crippen molar-refractivity contribution in [3.63, 3.8) is 0 Å². The molecular formula is C39H29ClN2O4S. The van der Waals surface area contributed by atoms with Gasteiger partial charge >= 0.3 is 5.97 Å². The van der Waals surface area contributed by atoms with E-state index in [1.165, 1.54) is 11.3 Å². The van der Waals surface area contributed by atoms with E-state index in [1.807, 2.05) is 91.0 Å². The second-order valence-electron chi connectivity index (χ2n) is 11.0. The topological polar surface area (TPSA) is 69.9 Å². The molecule has 232 valence electrons. The van der Waals surface area contributed by atoms with Crippen LogP contribution in [0.4, 0.5) is 0 Å². The molecule has 1 atom stereocenters. The Kier molecular flexibility index (Phi) is 8.57. The van der Waals surface area contributed by atoms with E-state index in [0.29, 0.717) is 43.5 Å². The first-order valence-electron chi connectivity index (χ1n) is 15.2. The van der Waals surface area contributed by atoms with Gasteiger partial charge < -0.3 is 9.47 Å². The molecule has 2 heterocycles. The van der Waals surface area contributed by atoms with Gasteiger partial charge in [-0.2, -0.15) is 0 Å². The van der Waals surface area contributed by atoms with Crippen molar-refractivity contribution in [3.8, 4) is 5.75 Å². The van der Waals surface area contributed by atoms with Crippen molar-refractivity contribution in [2.24, 2.45) is 4.99 Å². The molecule has 47 heavy (non-hydrogen) atoms. The van der Waals surface area contributed by atoms with E-state index in [9.17, 15) is 9.59 Å². The van der Waals surface area contributed by atoms with Crippen LogP contribution in [0, 0.1) is 0 Å². The molecule has 7 rings (SSSR count). The molecule has 0 aliphatic carbocycles. The number of fused-ring (bicyclic) bond motifs is 2. The summed E-state index contributed by atoms with van der Waals surface area (Å²) in [6.07, 6.45) is 1.78. The predicted octanol–water partition coefficient (Wildman–Crippen LogP) is 7.32. The summed E-state index contributed by atoms with van der Waals surface area (Å²) < 4.78 is 13.9. The number of benzene rings is 5. The molecule has 0 fully saturated rings. The van der Waals surface area contributed by atoms with Gasteiger partial charge in [-0.05, 0) is 53.1 Å². The first-order chi connectivity index (χ1) is 23.0. The highest BCUT2D eigenvalue weighted by atomic mass is 35.5. The Morgan fingerprint density at radius 3 is 2.43 bits per heavy atom. The third kappa shape index (κ3) is 6.03. The van der Waals surface area contributed by atoms with Crippen molar-refractivity contribution in [1.29, 1.82) is 0 Å². The highest BCUT2D eigenvalue weighted by Crippen LogP contribution is 2.35. The van der Waals surface area contributed by atoms with Gasteiger partial charge in [0.2, 0.25) is 0 Å². The van der Waals surface area contributed by atoms with Crippen LogP contribution in [0.15, 0.2) is 137 Å².